The van der Waals surface area contributed by atoms with Gasteiger partial charge in [0.2, 0.25) is 0 Å². The topological polar surface area (TPSA) is 46.2 Å². The molecule has 0 unspecified atom stereocenters. The smallest absolute Gasteiger partial charge is 0.150 e. The minimum absolute atomic E-state index is 0.254. The number of halogens is 1. The van der Waals surface area contributed by atoms with Gasteiger partial charge in [-0.05, 0) is 38.6 Å². The van der Waals surface area contributed by atoms with E-state index < -0.39 is 9.84 Å². The first-order valence-electron chi connectivity index (χ1n) is 6.11. The zero-order chi connectivity index (χ0) is 12.0. The molecule has 0 aromatic carbocycles. The molecule has 0 atom stereocenters. The van der Waals surface area contributed by atoms with Crippen molar-refractivity contribution in [2.75, 3.05) is 18.1 Å². The lowest BCUT2D eigenvalue weighted by atomic mass is 9.95. The molecular weight excluding hydrogens is 246 g/mol. The molecule has 0 aromatic heterocycles. The van der Waals surface area contributed by atoms with Crippen LogP contribution in [-0.2, 0) is 9.84 Å². The van der Waals surface area contributed by atoms with Gasteiger partial charge in [-0.2, -0.15) is 0 Å². The molecular formula is C11H22ClNO2S. The average Bonchev–Trinajstić information content (AvgIpc) is 2.27. The second-order valence-corrected chi connectivity index (χ2v) is 7.58. The first-order valence-corrected chi connectivity index (χ1v) is 8.37. The van der Waals surface area contributed by atoms with E-state index in [1.54, 1.807) is 6.92 Å². The lowest BCUT2D eigenvalue weighted by Crippen LogP contribution is -2.34. The van der Waals surface area contributed by atoms with Gasteiger partial charge in [0.1, 0.15) is 9.84 Å². The molecule has 1 aliphatic carbocycles. The summed E-state index contributed by atoms with van der Waals surface area (Å²) in [7, 11) is -2.79. The van der Waals surface area contributed by atoms with Crippen LogP contribution in [0.4, 0.5) is 0 Å². The Bertz CT molecular complexity index is 284. The van der Waals surface area contributed by atoms with E-state index in [1.165, 1.54) is 0 Å². The van der Waals surface area contributed by atoms with Crippen molar-refractivity contribution in [2.45, 2.75) is 50.4 Å². The van der Waals surface area contributed by atoms with Gasteiger partial charge in [-0.15, -0.1) is 11.6 Å². The Hall–Kier alpha value is 0.200. The van der Waals surface area contributed by atoms with Gasteiger partial charge in [0.25, 0.3) is 0 Å². The normalized spacial score (nSPS) is 26.9. The molecule has 1 saturated carbocycles. The predicted octanol–water partition coefficient (Wildman–Crippen LogP) is 1.95. The number of alkyl halides is 1. The van der Waals surface area contributed by atoms with E-state index in [4.69, 9.17) is 11.6 Å². The quantitative estimate of drug-likeness (QED) is 0.591. The summed E-state index contributed by atoms with van der Waals surface area (Å²) in [6.45, 7) is 2.50. The molecule has 0 aromatic rings. The highest BCUT2D eigenvalue weighted by molar-refractivity contribution is 7.91. The SMILES string of the molecule is CCS(=O)(=O)CCCNC1CCC(Cl)CC1. The Balaban J connectivity index is 2.08. The zero-order valence-electron chi connectivity index (χ0n) is 9.91. The van der Waals surface area contributed by atoms with Gasteiger partial charge in [-0.1, -0.05) is 6.92 Å². The maximum absolute atomic E-state index is 11.2. The number of hydrogen-bond acceptors (Lipinski definition) is 3. The Morgan fingerprint density at radius 3 is 2.44 bits per heavy atom. The summed E-state index contributed by atoms with van der Waals surface area (Å²) in [6.07, 6.45) is 5.11. The molecule has 0 aliphatic heterocycles. The highest BCUT2D eigenvalue weighted by Gasteiger charge is 2.18. The molecule has 0 bridgehead atoms. The molecule has 1 fully saturated rings. The monoisotopic (exact) mass is 267 g/mol. The summed E-state index contributed by atoms with van der Waals surface area (Å²) in [5, 5.41) is 3.76. The van der Waals surface area contributed by atoms with Crippen molar-refractivity contribution in [1.82, 2.24) is 5.32 Å². The van der Waals surface area contributed by atoms with Crippen molar-refractivity contribution < 1.29 is 8.42 Å². The summed E-state index contributed by atoms with van der Waals surface area (Å²) in [5.74, 6) is 0.561. The van der Waals surface area contributed by atoms with Crippen molar-refractivity contribution in [2.24, 2.45) is 0 Å². The number of nitrogens with one attached hydrogen (secondary N) is 1. The fourth-order valence-corrected chi connectivity index (χ4v) is 3.12. The van der Waals surface area contributed by atoms with Crippen LogP contribution in [0.15, 0.2) is 0 Å². The van der Waals surface area contributed by atoms with Gasteiger partial charge in [-0.3, -0.25) is 0 Å². The average molecular weight is 268 g/mol. The predicted molar refractivity (Wildman–Crippen MR) is 68.8 cm³/mol. The van der Waals surface area contributed by atoms with Crippen LogP contribution in [0.5, 0.6) is 0 Å². The Kier molecular flexibility index (Phi) is 6.08. The largest absolute Gasteiger partial charge is 0.314 e. The molecule has 0 spiro atoms. The summed E-state index contributed by atoms with van der Waals surface area (Å²) in [6, 6.07) is 0.541. The van der Waals surface area contributed by atoms with Crippen LogP contribution in [0.2, 0.25) is 0 Å². The lowest BCUT2D eigenvalue weighted by Gasteiger charge is -2.25. The summed E-state index contributed by atoms with van der Waals surface area (Å²) in [4.78, 5) is 0. The maximum atomic E-state index is 11.2. The van der Waals surface area contributed by atoms with Crippen LogP contribution in [0.25, 0.3) is 0 Å². The van der Waals surface area contributed by atoms with E-state index in [1.807, 2.05) is 0 Å². The highest BCUT2D eigenvalue weighted by Crippen LogP contribution is 2.22. The van der Waals surface area contributed by atoms with Crippen LogP contribution >= 0.6 is 11.6 Å². The fourth-order valence-electron chi connectivity index (χ4n) is 2.00. The van der Waals surface area contributed by atoms with E-state index in [0.29, 0.717) is 17.2 Å². The summed E-state index contributed by atoms with van der Waals surface area (Å²) in [5.41, 5.74) is 0. The molecule has 1 N–H and O–H groups in total. The fraction of sp³-hybridized carbons (Fsp3) is 1.00. The van der Waals surface area contributed by atoms with Crippen molar-refractivity contribution in [3.8, 4) is 0 Å². The van der Waals surface area contributed by atoms with Gasteiger partial charge >= 0.3 is 0 Å². The molecule has 16 heavy (non-hydrogen) atoms. The standard InChI is InChI=1S/C11H22ClNO2S/c1-2-16(14,15)9-3-8-13-11-6-4-10(12)5-7-11/h10-11,13H,2-9H2,1H3. The third kappa shape index (κ3) is 5.51. The minimum atomic E-state index is -2.79. The molecule has 1 aliphatic rings. The van der Waals surface area contributed by atoms with E-state index in [0.717, 1.165) is 38.6 Å². The third-order valence-corrected chi connectivity index (χ3v) is 5.39. The lowest BCUT2D eigenvalue weighted by molar-refractivity contribution is 0.378. The van der Waals surface area contributed by atoms with E-state index in [-0.39, 0.29) is 5.75 Å². The Labute approximate surface area is 104 Å². The molecule has 96 valence electrons. The van der Waals surface area contributed by atoms with Crippen LogP contribution in [0.3, 0.4) is 0 Å². The molecule has 1 rings (SSSR count). The zero-order valence-corrected chi connectivity index (χ0v) is 11.5. The van der Waals surface area contributed by atoms with E-state index >= 15 is 0 Å². The first-order chi connectivity index (χ1) is 7.53. The number of hydrogen-bond donors (Lipinski definition) is 1. The van der Waals surface area contributed by atoms with Gasteiger partial charge in [0, 0.05) is 17.2 Å². The summed E-state index contributed by atoms with van der Waals surface area (Å²) >= 11 is 6.01. The molecule has 3 nitrogen and oxygen atoms in total. The van der Waals surface area contributed by atoms with E-state index in [2.05, 4.69) is 5.32 Å². The van der Waals surface area contributed by atoms with Crippen LogP contribution in [0.1, 0.15) is 39.0 Å². The molecule has 0 saturated heterocycles. The molecule has 0 radical (unpaired) electrons. The Morgan fingerprint density at radius 2 is 1.88 bits per heavy atom. The van der Waals surface area contributed by atoms with Crippen LogP contribution in [-0.4, -0.2) is 37.9 Å². The highest BCUT2D eigenvalue weighted by atomic mass is 35.5. The van der Waals surface area contributed by atoms with Crippen LogP contribution < -0.4 is 5.32 Å². The van der Waals surface area contributed by atoms with Crippen LogP contribution in [0, 0.1) is 0 Å². The third-order valence-electron chi connectivity index (χ3n) is 3.16. The van der Waals surface area contributed by atoms with E-state index in [9.17, 15) is 8.42 Å². The molecule has 5 heteroatoms. The van der Waals surface area contributed by atoms with Crippen molar-refractivity contribution in [3.05, 3.63) is 0 Å². The minimum Gasteiger partial charge on any atom is -0.314 e. The Morgan fingerprint density at radius 1 is 1.25 bits per heavy atom. The van der Waals surface area contributed by atoms with Gasteiger partial charge < -0.3 is 5.32 Å². The number of sulfone groups is 1. The van der Waals surface area contributed by atoms with Gasteiger partial charge in [0.05, 0.1) is 5.75 Å². The first kappa shape index (κ1) is 14.3. The molecule has 0 heterocycles. The van der Waals surface area contributed by atoms with Gasteiger partial charge in [0.15, 0.2) is 0 Å². The van der Waals surface area contributed by atoms with Crippen molar-refractivity contribution >= 4 is 21.4 Å². The number of rotatable bonds is 6. The molecule has 0 amide bonds. The summed E-state index contributed by atoms with van der Waals surface area (Å²) < 4.78 is 22.5. The van der Waals surface area contributed by atoms with Crippen molar-refractivity contribution in [1.29, 1.82) is 0 Å². The second-order valence-electron chi connectivity index (χ2n) is 4.49. The second kappa shape index (κ2) is 6.82. The van der Waals surface area contributed by atoms with Crippen molar-refractivity contribution in [3.63, 3.8) is 0 Å². The maximum Gasteiger partial charge on any atom is 0.150 e. The van der Waals surface area contributed by atoms with Gasteiger partial charge in [-0.25, -0.2) is 8.42 Å².